The molecule has 0 heterocycles. The summed E-state index contributed by atoms with van der Waals surface area (Å²) in [6.07, 6.45) is 2.52. The van der Waals surface area contributed by atoms with Gasteiger partial charge in [-0.25, -0.2) is 0 Å². The maximum Gasteiger partial charge on any atom is 0.295 e. The molecule has 0 aliphatic rings. The van der Waals surface area contributed by atoms with Gasteiger partial charge in [-0.05, 0) is 61.5 Å². The number of hydrogen-bond donors (Lipinski definition) is 5. The molecule has 2 rings (SSSR count). The van der Waals surface area contributed by atoms with E-state index in [0.29, 0.717) is 5.69 Å². The smallest absolute Gasteiger partial charge is 0.295 e. The molecule has 13 heteroatoms. The Balaban J connectivity index is 2.48. The first-order valence-electron chi connectivity index (χ1n) is 9.43. The molecule has 33 heavy (non-hydrogen) atoms. The number of carbonyl (C=O) groups excluding carboxylic acids is 1. The Morgan fingerprint density at radius 3 is 1.67 bits per heavy atom. The second kappa shape index (κ2) is 10.4. The van der Waals surface area contributed by atoms with Crippen LogP contribution in [-0.4, -0.2) is 43.0 Å². The van der Waals surface area contributed by atoms with Crippen LogP contribution < -0.4 is 16.0 Å². The van der Waals surface area contributed by atoms with E-state index in [9.17, 15) is 30.7 Å². The Labute approximate surface area is 197 Å². The number of benzene rings is 2. The van der Waals surface area contributed by atoms with Gasteiger partial charge in [0.15, 0.2) is 5.11 Å². The van der Waals surface area contributed by atoms with Crippen molar-refractivity contribution >= 4 is 67.0 Å². The number of nitrogens with one attached hydrogen (secondary N) is 3. The molecular weight excluding hydrogens is 490 g/mol. The van der Waals surface area contributed by atoms with Crippen LogP contribution in [0.2, 0.25) is 0 Å². The van der Waals surface area contributed by atoms with E-state index in [1.807, 2.05) is 13.8 Å². The van der Waals surface area contributed by atoms with E-state index in [2.05, 4.69) is 16.0 Å². The monoisotopic (exact) mass is 513 g/mol. The highest BCUT2D eigenvalue weighted by atomic mass is 32.2. The normalized spacial score (nSPS) is 12.1. The molecular formula is C20H23N3O7S3. The number of rotatable bonds is 7. The zero-order chi connectivity index (χ0) is 25.0. The Bertz CT molecular complexity index is 1320. The lowest BCUT2D eigenvalue weighted by Gasteiger charge is -2.14. The molecule has 178 valence electrons. The van der Waals surface area contributed by atoms with Gasteiger partial charge >= 0.3 is 0 Å². The van der Waals surface area contributed by atoms with E-state index in [0.717, 1.165) is 6.07 Å². The van der Waals surface area contributed by atoms with Crippen molar-refractivity contribution in [2.45, 2.75) is 36.6 Å². The molecule has 0 spiro atoms. The van der Waals surface area contributed by atoms with Gasteiger partial charge in [-0.2, -0.15) is 16.8 Å². The van der Waals surface area contributed by atoms with Gasteiger partial charge in [-0.1, -0.05) is 24.3 Å². The average molecular weight is 514 g/mol. The van der Waals surface area contributed by atoms with Crippen molar-refractivity contribution in [3.05, 3.63) is 47.5 Å². The van der Waals surface area contributed by atoms with Crippen LogP contribution in [0, 0.1) is 0 Å². The predicted molar refractivity (Wildman–Crippen MR) is 130 cm³/mol. The highest BCUT2D eigenvalue weighted by molar-refractivity contribution is 7.86. The Morgan fingerprint density at radius 2 is 1.30 bits per heavy atom. The zero-order valence-corrected chi connectivity index (χ0v) is 20.3. The minimum Gasteiger partial charge on any atom is -0.360 e. The van der Waals surface area contributed by atoms with E-state index in [1.54, 1.807) is 0 Å². The third kappa shape index (κ3) is 7.91. The fourth-order valence-electron chi connectivity index (χ4n) is 2.76. The summed E-state index contributed by atoms with van der Waals surface area (Å²) in [7, 11) is -9.31. The minimum absolute atomic E-state index is 0.0254. The summed E-state index contributed by atoms with van der Waals surface area (Å²) in [6, 6.07) is 7.93. The van der Waals surface area contributed by atoms with Crippen molar-refractivity contribution < 1.29 is 30.7 Å². The first-order chi connectivity index (χ1) is 15.2. The Morgan fingerprint density at radius 1 is 0.879 bits per heavy atom. The van der Waals surface area contributed by atoms with Crippen LogP contribution in [0.4, 0.5) is 11.4 Å². The third-order valence-electron chi connectivity index (χ3n) is 4.02. The van der Waals surface area contributed by atoms with Gasteiger partial charge in [0.25, 0.3) is 20.2 Å². The van der Waals surface area contributed by atoms with Crippen LogP contribution >= 0.6 is 12.2 Å². The summed E-state index contributed by atoms with van der Waals surface area (Å²) in [5.74, 6) is -0.436. The number of amides is 1. The van der Waals surface area contributed by atoms with Gasteiger partial charge in [-0.3, -0.25) is 13.9 Å². The van der Waals surface area contributed by atoms with Crippen LogP contribution in [-0.2, 0) is 25.0 Å². The molecule has 5 N–H and O–H groups in total. The Kier molecular flexibility index (Phi) is 8.32. The lowest BCUT2D eigenvalue weighted by molar-refractivity contribution is -0.114. The molecule has 0 saturated carbocycles. The first kappa shape index (κ1) is 26.4. The molecule has 0 atom stereocenters. The van der Waals surface area contributed by atoms with Gasteiger partial charge in [0.1, 0.15) is 9.79 Å². The van der Waals surface area contributed by atoms with Crippen molar-refractivity contribution in [3.63, 3.8) is 0 Å². The third-order valence-corrected chi connectivity index (χ3v) is 6.06. The molecule has 0 aromatic heterocycles. The highest BCUT2D eigenvalue weighted by Crippen LogP contribution is 2.26. The predicted octanol–water partition coefficient (Wildman–Crippen LogP) is 3.00. The van der Waals surface area contributed by atoms with Crippen molar-refractivity contribution in [2.24, 2.45) is 0 Å². The maximum absolute atomic E-state index is 11.9. The molecule has 1 amide bonds. The van der Waals surface area contributed by atoms with Crippen LogP contribution in [0.25, 0.3) is 12.2 Å². The van der Waals surface area contributed by atoms with Crippen LogP contribution in [0.1, 0.15) is 31.9 Å². The number of carbonyl (C=O) groups is 1. The van der Waals surface area contributed by atoms with Crippen molar-refractivity contribution in [3.8, 4) is 0 Å². The van der Waals surface area contributed by atoms with Gasteiger partial charge in [-0.15, -0.1) is 0 Å². The summed E-state index contributed by atoms with van der Waals surface area (Å²) >= 11 is 5.13. The molecule has 0 aliphatic carbocycles. The summed E-state index contributed by atoms with van der Waals surface area (Å²) in [5, 5.41) is 8.41. The largest absolute Gasteiger partial charge is 0.360 e. The first-order valence-corrected chi connectivity index (χ1v) is 12.7. The van der Waals surface area contributed by atoms with Gasteiger partial charge in [0.05, 0.1) is 0 Å². The van der Waals surface area contributed by atoms with E-state index in [-0.39, 0.29) is 28.0 Å². The molecule has 2 aromatic carbocycles. The van der Waals surface area contributed by atoms with E-state index < -0.39 is 35.9 Å². The topological polar surface area (TPSA) is 162 Å². The summed E-state index contributed by atoms with van der Waals surface area (Å²) in [5.41, 5.74) is 0.527. The van der Waals surface area contributed by atoms with Crippen molar-refractivity contribution in [2.75, 3.05) is 10.6 Å². The molecule has 0 fully saturated rings. The second-order valence-corrected chi connectivity index (χ2v) is 10.4. The summed E-state index contributed by atoms with van der Waals surface area (Å²) in [4.78, 5) is 10.3. The second-order valence-electron chi connectivity index (χ2n) is 7.22. The standard InChI is InChI=1S/C20H23N3O7S3/c1-12(2)21-20(31)23-17-9-7-15(19(11-17)33(28,29)30)5-4-14-6-8-16(22-13(3)24)10-18(14)32(25,26)27/h4-12H,1-3H3,(H,22,24)(H2,21,23,31)(H,25,26,27)(H,28,29,30)/b5-4+. The van der Waals surface area contributed by atoms with Crippen molar-refractivity contribution in [1.82, 2.24) is 5.32 Å². The quantitative estimate of drug-likeness (QED) is 0.211. The van der Waals surface area contributed by atoms with Gasteiger partial charge in [0.2, 0.25) is 5.91 Å². The maximum atomic E-state index is 11.9. The molecule has 0 aliphatic heterocycles. The Hall–Kier alpha value is -2.84. The van der Waals surface area contributed by atoms with Gasteiger partial charge < -0.3 is 16.0 Å². The van der Waals surface area contributed by atoms with E-state index >= 15 is 0 Å². The van der Waals surface area contributed by atoms with Crippen LogP contribution in [0.3, 0.4) is 0 Å². The highest BCUT2D eigenvalue weighted by Gasteiger charge is 2.18. The SMILES string of the molecule is CC(=O)Nc1ccc(/C=C/c2ccc(NC(=S)NC(C)C)cc2S(=O)(=O)O)c(S(=O)(=O)O)c1. The molecule has 0 radical (unpaired) electrons. The lowest BCUT2D eigenvalue weighted by atomic mass is 10.1. The summed E-state index contributed by atoms with van der Waals surface area (Å²) < 4.78 is 66.7. The van der Waals surface area contributed by atoms with Crippen LogP contribution in [0.15, 0.2) is 46.2 Å². The molecule has 0 unspecified atom stereocenters. The lowest BCUT2D eigenvalue weighted by Crippen LogP contribution is -2.33. The molecule has 10 nitrogen and oxygen atoms in total. The number of thiocarbonyl (C=S) groups is 1. The van der Waals surface area contributed by atoms with Crippen molar-refractivity contribution in [1.29, 1.82) is 0 Å². The zero-order valence-electron chi connectivity index (χ0n) is 17.9. The van der Waals surface area contributed by atoms with Crippen LogP contribution in [0.5, 0.6) is 0 Å². The molecule has 0 bridgehead atoms. The number of hydrogen-bond acceptors (Lipinski definition) is 6. The molecule has 2 aromatic rings. The number of anilines is 2. The molecule has 0 saturated heterocycles. The fraction of sp³-hybridized carbons (Fsp3) is 0.200. The van der Waals surface area contributed by atoms with E-state index in [4.69, 9.17) is 12.2 Å². The average Bonchev–Trinajstić information content (AvgIpc) is 2.65. The fourth-order valence-corrected chi connectivity index (χ4v) is 4.53. The summed E-state index contributed by atoms with van der Waals surface area (Å²) in [6.45, 7) is 4.98. The van der Waals surface area contributed by atoms with Gasteiger partial charge in [0, 0.05) is 24.3 Å². The van der Waals surface area contributed by atoms with E-state index in [1.165, 1.54) is 49.4 Å². The minimum atomic E-state index is -4.67.